The normalized spacial score (nSPS) is 12.6. The first kappa shape index (κ1) is 14.1. The van der Waals surface area contributed by atoms with Crippen molar-refractivity contribution in [2.75, 3.05) is 13.3 Å². The molecule has 1 atom stereocenters. The van der Waals surface area contributed by atoms with E-state index < -0.39 is 0 Å². The predicted molar refractivity (Wildman–Crippen MR) is 78.4 cm³/mol. The molecular weight excluding hydrogens is 258 g/mol. The molecule has 1 aromatic heterocycles. The van der Waals surface area contributed by atoms with Crippen LogP contribution in [0.4, 0.5) is 0 Å². The summed E-state index contributed by atoms with van der Waals surface area (Å²) < 4.78 is 5.30. The number of nitrogens with zero attached hydrogens (tertiary/aromatic N) is 2. The molecule has 1 aromatic carbocycles. The topological polar surface area (TPSA) is 51.0 Å². The lowest BCUT2D eigenvalue weighted by atomic mass is 10.1. The molecule has 2 rings (SSSR count). The zero-order valence-corrected chi connectivity index (χ0v) is 12.3. The molecule has 4 nitrogen and oxygen atoms in total. The Balaban J connectivity index is 2.11. The van der Waals surface area contributed by atoms with E-state index in [2.05, 4.69) is 40.8 Å². The first-order valence-corrected chi connectivity index (χ1v) is 7.63. The highest BCUT2D eigenvalue weighted by molar-refractivity contribution is 7.98. The first-order valence-electron chi connectivity index (χ1n) is 6.41. The highest BCUT2D eigenvalue weighted by Gasteiger charge is 2.12. The summed E-state index contributed by atoms with van der Waals surface area (Å²) in [5.41, 5.74) is 0.991. The second-order valence-corrected chi connectivity index (χ2v) is 5.22. The van der Waals surface area contributed by atoms with Crippen molar-refractivity contribution in [1.29, 1.82) is 0 Å². The molecule has 0 saturated heterocycles. The van der Waals surface area contributed by atoms with Crippen molar-refractivity contribution < 1.29 is 4.52 Å². The predicted octanol–water partition coefficient (Wildman–Crippen LogP) is 3.00. The molecular formula is C14H19N3OS. The Hall–Kier alpha value is -1.33. The largest absolute Gasteiger partial charge is 0.339 e. The van der Waals surface area contributed by atoms with E-state index in [1.165, 1.54) is 4.90 Å². The van der Waals surface area contributed by atoms with Crippen molar-refractivity contribution in [3.05, 3.63) is 30.2 Å². The lowest BCUT2D eigenvalue weighted by molar-refractivity contribution is 0.359. The van der Waals surface area contributed by atoms with E-state index in [0.29, 0.717) is 17.8 Å². The Kier molecular flexibility index (Phi) is 4.99. The molecule has 1 unspecified atom stereocenters. The van der Waals surface area contributed by atoms with E-state index in [9.17, 15) is 0 Å². The Labute approximate surface area is 118 Å². The minimum Gasteiger partial charge on any atom is -0.339 e. The van der Waals surface area contributed by atoms with Gasteiger partial charge in [0.15, 0.2) is 0 Å². The number of likely N-dealkylation sites (N-methyl/N-ethyl adjacent to an activating group) is 1. The van der Waals surface area contributed by atoms with Crippen LogP contribution in [-0.2, 0) is 6.42 Å². The van der Waals surface area contributed by atoms with Crippen LogP contribution in [-0.4, -0.2) is 29.5 Å². The molecule has 0 amide bonds. The summed E-state index contributed by atoms with van der Waals surface area (Å²) in [7, 11) is 1.95. The van der Waals surface area contributed by atoms with Crippen molar-refractivity contribution in [2.24, 2.45) is 0 Å². The molecule has 0 bridgehead atoms. The quantitative estimate of drug-likeness (QED) is 0.823. The standard InChI is InChI=1S/C14H19N3OS/c1-4-11(15-2)9-13-16-14(17-18-13)10-5-7-12(19-3)8-6-10/h5-8,11,15H,4,9H2,1-3H3. The zero-order valence-electron chi connectivity index (χ0n) is 11.5. The van der Waals surface area contributed by atoms with Gasteiger partial charge < -0.3 is 9.84 Å². The highest BCUT2D eigenvalue weighted by Crippen LogP contribution is 2.21. The second kappa shape index (κ2) is 6.73. The first-order chi connectivity index (χ1) is 9.26. The molecule has 0 aliphatic heterocycles. The second-order valence-electron chi connectivity index (χ2n) is 4.34. The van der Waals surface area contributed by atoms with Gasteiger partial charge in [-0.1, -0.05) is 12.1 Å². The van der Waals surface area contributed by atoms with E-state index in [1.807, 2.05) is 19.2 Å². The molecule has 0 fully saturated rings. The lowest BCUT2D eigenvalue weighted by Crippen LogP contribution is -2.26. The number of thioether (sulfide) groups is 1. The number of rotatable bonds is 6. The van der Waals surface area contributed by atoms with Gasteiger partial charge in [0, 0.05) is 22.9 Å². The van der Waals surface area contributed by atoms with Gasteiger partial charge in [0.05, 0.1) is 0 Å². The maximum absolute atomic E-state index is 5.30. The molecule has 0 saturated carbocycles. The van der Waals surface area contributed by atoms with Gasteiger partial charge in [-0.15, -0.1) is 11.8 Å². The van der Waals surface area contributed by atoms with E-state index in [1.54, 1.807) is 11.8 Å². The number of aromatic nitrogens is 2. The molecule has 1 N–H and O–H groups in total. The van der Waals surface area contributed by atoms with Gasteiger partial charge in [-0.2, -0.15) is 4.98 Å². The highest BCUT2D eigenvalue weighted by atomic mass is 32.2. The summed E-state index contributed by atoms with van der Waals surface area (Å²) in [6.45, 7) is 2.14. The Morgan fingerprint density at radius 3 is 2.63 bits per heavy atom. The van der Waals surface area contributed by atoms with Gasteiger partial charge in [-0.25, -0.2) is 0 Å². The molecule has 1 heterocycles. The third-order valence-electron chi connectivity index (χ3n) is 3.14. The lowest BCUT2D eigenvalue weighted by Gasteiger charge is -2.09. The molecule has 5 heteroatoms. The maximum atomic E-state index is 5.30. The van der Waals surface area contributed by atoms with Crippen LogP contribution in [0.5, 0.6) is 0 Å². The minimum absolute atomic E-state index is 0.382. The van der Waals surface area contributed by atoms with Gasteiger partial charge in [-0.3, -0.25) is 0 Å². The van der Waals surface area contributed by atoms with Crippen LogP contribution in [0.2, 0.25) is 0 Å². The van der Waals surface area contributed by atoms with Gasteiger partial charge in [0.2, 0.25) is 11.7 Å². The molecule has 0 aliphatic carbocycles. The average Bonchev–Trinajstić information content (AvgIpc) is 2.93. The number of hydrogen-bond acceptors (Lipinski definition) is 5. The van der Waals surface area contributed by atoms with Gasteiger partial charge in [0.25, 0.3) is 0 Å². The summed E-state index contributed by atoms with van der Waals surface area (Å²) >= 11 is 1.72. The van der Waals surface area contributed by atoms with Crippen LogP contribution in [0, 0.1) is 0 Å². The summed E-state index contributed by atoms with van der Waals surface area (Å²) in [5.74, 6) is 1.35. The molecule has 0 spiro atoms. The average molecular weight is 277 g/mol. The van der Waals surface area contributed by atoms with Gasteiger partial charge in [0.1, 0.15) is 0 Å². The van der Waals surface area contributed by atoms with Crippen molar-refractivity contribution in [3.63, 3.8) is 0 Å². The van der Waals surface area contributed by atoms with Crippen LogP contribution >= 0.6 is 11.8 Å². The molecule has 19 heavy (non-hydrogen) atoms. The zero-order chi connectivity index (χ0) is 13.7. The Morgan fingerprint density at radius 1 is 1.32 bits per heavy atom. The van der Waals surface area contributed by atoms with Crippen molar-refractivity contribution in [3.8, 4) is 11.4 Å². The minimum atomic E-state index is 0.382. The fourth-order valence-corrected chi connectivity index (χ4v) is 2.26. The maximum Gasteiger partial charge on any atom is 0.228 e. The van der Waals surface area contributed by atoms with Crippen LogP contribution in [0.25, 0.3) is 11.4 Å². The smallest absolute Gasteiger partial charge is 0.228 e. The third-order valence-corrected chi connectivity index (χ3v) is 3.88. The van der Waals surface area contributed by atoms with Crippen LogP contribution in [0.3, 0.4) is 0 Å². The molecule has 0 radical (unpaired) electrons. The molecule has 102 valence electrons. The Bertz CT molecular complexity index is 506. The van der Waals surface area contributed by atoms with Crippen LogP contribution in [0.15, 0.2) is 33.7 Å². The van der Waals surface area contributed by atoms with Crippen LogP contribution in [0.1, 0.15) is 19.2 Å². The van der Waals surface area contributed by atoms with Gasteiger partial charge >= 0.3 is 0 Å². The van der Waals surface area contributed by atoms with Crippen molar-refractivity contribution in [1.82, 2.24) is 15.5 Å². The SMILES string of the molecule is CCC(Cc1nc(-c2ccc(SC)cc2)no1)NC. The number of benzene rings is 1. The van der Waals surface area contributed by atoms with E-state index in [4.69, 9.17) is 4.52 Å². The summed E-state index contributed by atoms with van der Waals surface area (Å²) in [6.07, 6.45) is 3.86. The van der Waals surface area contributed by atoms with Crippen molar-refractivity contribution in [2.45, 2.75) is 30.7 Å². The number of hydrogen-bond donors (Lipinski definition) is 1. The van der Waals surface area contributed by atoms with E-state index in [0.717, 1.165) is 18.4 Å². The number of nitrogens with one attached hydrogen (secondary N) is 1. The van der Waals surface area contributed by atoms with E-state index >= 15 is 0 Å². The van der Waals surface area contributed by atoms with E-state index in [-0.39, 0.29) is 0 Å². The molecule has 0 aliphatic rings. The van der Waals surface area contributed by atoms with Crippen molar-refractivity contribution >= 4 is 11.8 Å². The summed E-state index contributed by atoms with van der Waals surface area (Å²) in [5, 5.41) is 7.28. The summed E-state index contributed by atoms with van der Waals surface area (Å²) in [4.78, 5) is 5.68. The third kappa shape index (κ3) is 3.58. The fraction of sp³-hybridized carbons (Fsp3) is 0.429. The fourth-order valence-electron chi connectivity index (χ4n) is 1.86. The Morgan fingerprint density at radius 2 is 2.05 bits per heavy atom. The summed E-state index contributed by atoms with van der Waals surface area (Å²) in [6, 6.07) is 8.56. The molecule has 2 aromatic rings. The van der Waals surface area contributed by atoms with Gasteiger partial charge in [-0.05, 0) is 44.0 Å². The van der Waals surface area contributed by atoms with Crippen LogP contribution < -0.4 is 5.32 Å². The monoisotopic (exact) mass is 277 g/mol.